The Morgan fingerprint density at radius 2 is 1.65 bits per heavy atom. The second-order valence-corrected chi connectivity index (χ2v) is 8.41. The van der Waals surface area contributed by atoms with Gasteiger partial charge >= 0.3 is 5.97 Å². The Balaban J connectivity index is 1.42. The Morgan fingerprint density at radius 1 is 0.912 bits per heavy atom. The number of aromatic carboxylic acids is 1. The molecule has 0 saturated heterocycles. The molecule has 0 spiro atoms. The summed E-state index contributed by atoms with van der Waals surface area (Å²) in [4.78, 5) is 15.2. The second-order valence-electron chi connectivity index (χ2n) is 8.41. The number of hydrogen-bond acceptors (Lipinski definition) is 3. The Kier molecular flexibility index (Phi) is 5.68. The number of nitrogens with one attached hydrogen (secondary N) is 1. The summed E-state index contributed by atoms with van der Waals surface area (Å²) in [6.07, 6.45) is 1.18. The largest absolute Gasteiger partial charge is 0.507 e. The zero-order chi connectivity index (χ0) is 23.7. The summed E-state index contributed by atoms with van der Waals surface area (Å²) in [5.41, 5.74) is 5.05. The van der Waals surface area contributed by atoms with Crippen molar-refractivity contribution in [1.82, 2.24) is 4.98 Å². The maximum Gasteiger partial charge on any atom is 0.352 e. The fourth-order valence-corrected chi connectivity index (χ4v) is 4.65. The van der Waals surface area contributed by atoms with Crippen molar-refractivity contribution in [2.45, 2.75) is 19.8 Å². The molecule has 170 valence electrons. The zero-order valence-electron chi connectivity index (χ0n) is 18.8. The van der Waals surface area contributed by atoms with Crippen molar-refractivity contribution in [3.05, 3.63) is 95.7 Å². The van der Waals surface area contributed by atoms with Crippen molar-refractivity contribution >= 4 is 27.6 Å². The summed E-state index contributed by atoms with van der Waals surface area (Å²) in [7, 11) is 0. The van der Waals surface area contributed by atoms with Gasteiger partial charge in [0, 0.05) is 10.9 Å². The van der Waals surface area contributed by atoms with Crippen LogP contribution in [0.1, 0.15) is 28.0 Å². The number of carbonyl (C=O) groups is 1. The molecule has 0 amide bonds. The SMILES string of the molecule is Cc1ccccc1-c1cccc2c(CCCOc3cccc4cccc(O)c34)c(C(=O)O)[nH]c12. The average Bonchev–Trinajstić information content (AvgIpc) is 3.21. The van der Waals surface area contributed by atoms with Crippen LogP contribution in [0.3, 0.4) is 0 Å². The molecule has 0 aliphatic carbocycles. The number of rotatable bonds is 7. The number of aromatic hydroxyl groups is 1. The van der Waals surface area contributed by atoms with Gasteiger partial charge in [-0.1, -0.05) is 66.7 Å². The van der Waals surface area contributed by atoms with Crippen LogP contribution in [-0.4, -0.2) is 27.8 Å². The van der Waals surface area contributed by atoms with Crippen LogP contribution in [0.5, 0.6) is 11.5 Å². The molecule has 5 rings (SSSR count). The third-order valence-electron chi connectivity index (χ3n) is 6.26. The molecule has 0 aliphatic rings. The lowest BCUT2D eigenvalue weighted by Gasteiger charge is -2.11. The van der Waals surface area contributed by atoms with Crippen LogP contribution in [-0.2, 0) is 6.42 Å². The number of H-pyrrole nitrogens is 1. The van der Waals surface area contributed by atoms with E-state index < -0.39 is 5.97 Å². The number of aromatic amines is 1. The average molecular weight is 452 g/mol. The van der Waals surface area contributed by atoms with Gasteiger partial charge in [0.2, 0.25) is 0 Å². The fourth-order valence-electron chi connectivity index (χ4n) is 4.65. The first-order valence-electron chi connectivity index (χ1n) is 11.3. The molecule has 0 atom stereocenters. The fraction of sp³-hybridized carbons (Fsp3) is 0.138. The lowest BCUT2D eigenvalue weighted by atomic mass is 9.97. The van der Waals surface area contributed by atoms with Crippen LogP contribution in [0.2, 0.25) is 0 Å². The van der Waals surface area contributed by atoms with Crippen LogP contribution < -0.4 is 4.74 Å². The number of hydrogen-bond donors (Lipinski definition) is 3. The lowest BCUT2D eigenvalue weighted by molar-refractivity contribution is 0.0690. The quantitative estimate of drug-likeness (QED) is 0.240. The molecule has 4 aromatic carbocycles. The summed E-state index contributed by atoms with van der Waals surface area (Å²) in [5, 5.41) is 22.7. The first-order chi connectivity index (χ1) is 16.5. The van der Waals surface area contributed by atoms with Gasteiger partial charge in [0.1, 0.15) is 17.2 Å². The number of aromatic nitrogens is 1. The van der Waals surface area contributed by atoms with Crippen molar-refractivity contribution in [3.8, 4) is 22.6 Å². The van der Waals surface area contributed by atoms with E-state index in [2.05, 4.69) is 24.0 Å². The van der Waals surface area contributed by atoms with Gasteiger partial charge in [-0.25, -0.2) is 4.79 Å². The molecule has 3 N–H and O–H groups in total. The minimum Gasteiger partial charge on any atom is -0.507 e. The van der Waals surface area contributed by atoms with Gasteiger partial charge in [-0.2, -0.15) is 0 Å². The molecule has 5 aromatic rings. The lowest BCUT2D eigenvalue weighted by Crippen LogP contribution is -2.04. The number of aryl methyl sites for hydroxylation is 2. The highest BCUT2D eigenvalue weighted by Crippen LogP contribution is 2.35. The zero-order valence-corrected chi connectivity index (χ0v) is 18.8. The first-order valence-corrected chi connectivity index (χ1v) is 11.3. The van der Waals surface area contributed by atoms with Gasteiger partial charge in [0.25, 0.3) is 0 Å². The predicted molar refractivity (Wildman–Crippen MR) is 135 cm³/mol. The topological polar surface area (TPSA) is 82.6 Å². The molecule has 0 bridgehead atoms. The van der Waals surface area contributed by atoms with Gasteiger partial charge in [0.05, 0.1) is 17.5 Å². The molecule has 5 nitrogen and oxygen atoms in total. The molecule has 1 aromatic heterocycles. The Hall–Kier alpha value is -4.25. The van der Waals surface area contributed by atoms with Crippen LogP contribution >= 0.6 is 0 Å². The highest BCUT2D eigenvalue weighted by atomic mass is 16.5. The Morgan fingerprint density at radius 3 is 2.44 bits per heavy atom. The summed E-state index contributed by atoms with van der Waals surface area (Å²) in [6.45, 7) is 2.45. The molecule has 1 heterocycles. The van der Waals surface area contributed by atoms with Crippen molar-refractivity contribution in [1.29, 1.82) is 0 Å². The van der Waals surface area contributed by atoms with E-state index in [4.69, 9.17) is 4.74 Å². The van der Waals surface area contributed by atoms with Gasteiger partial charge in [-0.05, 0) is 54.0 Å². The molecule has 0 aliphatic heterocycles. The number of para-hydroxylation sites is 1. The standard InChI is InChI=1S/C29H25NO4/c1-18-8-2-3-11-20(18)21-12-6-13-22-23(28(29(32)33)30-27(21)22)14-7-17-34-25-16-5-10-19-9-4-15-24(31)26(19)25/h2-6,8-13,15-16,30-31H,7,14,17H2,1H3,(H,32,33). The maximum atomic E-state index is 12.1. The van der Waals surface area contributed by atoms with Crippen molar-refractivity contribution in [2.24, 2.45) is 0 Å². The molecule has 0 saturated carbocycles. The van der Waals surface area contributed by atoms with Crippen molar-refractivity contribution < 1.29 is 19.7 Å². The predicted octanol–water partition coefficient (Wildman–Crippen LogP) is 6.71. The molecular weight excluding hydrogens is 426 g/mol. The summed E-state index contributed by atoms with van der Waals surface area (Å²) >= 11 is 0. The Bertz CT molecular complexity index is 1510. The van der Waals surface area contributed by atoms with Gasteiger partial charge in [-0.3, -0.25) is 0 Å². The van der Waals surface area contributed by atoms with E-state index in [1.54, 1.807) is 12.1 Å². The van der Waals surface area contributed by atoms with E-state index in [0.29, 0.717) is 30.6 Å². The van der Waals surface area contributed by atoms with Crippen LogP contribution in [0, 0.1) is 6.92 Å². The van der Waals surface area contributed by atoms with E-state index in [-0.39, 0.29) is 11.4 Å². The Labute approximate surface area is 197 Å². The highest BCUT2D eigenvalue weighted by molar-refractivity contribution is 6.03. The normalized spacial score (nSPS) is 11.2. The molecule has 0 fully saturated rings. The number of phenols is 1. The van der Waals surface area contributed by atoms with Crippen LogP contribution in [0.4, 0.5) is 0 Å². The van der Waals surface area contributed by atoms with Crippen molar-refractivity contribution in [2.75, 3.05) is 6.61 Å². The highest BCUT2D eigenvalue weighted by Gasteiger charge is 2.19. The van der Waals surface area contributed by atoms with E-state index >= 15 is 0 Å². The number of ether oxygens (including phenoxy) is 1. The van der Waals surface area contributed by atoms with E-state index in [9.17, 15) is 15.0 Å². The van der Waals surface area contributed by atoms with Crippen LogP contribution in [0.15, 0.2) is 78.9 Å². The maximum absolute atomic E-state index is 12.1. The van der Waals surface area contributed by atoms with E-state index in [1.165, 1.54) is 0 Å². The molecule has 0 radical (unpaired) electrons. The smallest absolute Gasteiger partial charge is 0.352 e. The van der Waals surface area contributed by atoms with E-state index in [0.717, 1.165) is 38.5 Å². The van der Waals surface area contributed by atoms with Crippen LogP contribution in [0.25, 0.3) is 32.8 Å². The first kappa shape index (κ1) is 21.6. The minimum absolute atomic E-state index is 0.182. The number of benzene rings is 4. The van der Waals surface area contributed by atoms with Gasteiger partial charge in [0.15, 0.2) is 0 Å². The van der Waals surface area contributed by atoms with Gasteiger partial charge < -0.3 is 19.9 Å². The van der Waals surface area contributed by atoms with Gasteiger partial charge in [-0.15, -0.1) is 0 Å². The molecular formula is C29H25NO4. The third-order valence-corrected chi connectivity index (χ3v) is 6.26. The summed E-state index contributed by atoms with van der Waals surface area (Å²) in [6, 6.07) is 25.1. The number of carboxylic acids is 1. The summed E-state index contributed by atoms with van der Waals surface area (Å²) < 4.78 is 6.00. The molecule has 5 heteroatoms. The van der Waals surface area contributed by atoms with E-state index in [1.807, 2.05) is 54.6 Å². The monoisotopic (exact) mass is 451 g/mol. The minimum atomic E-state index is -0.971. The third kappa shape index (κ3) is 3.86. The van der Waals surface area contributed by atoms with Crippen molar-refractivity contribution in [3.63, 3.8) is 0 Å². The number of carboxylic acid groups (broad SMARTS) is 1. The second kappa shape index (κ2) is 8.94. The molecule has 0 unspecified atom stereocenters. The molecule has 34 heavy (non-hydrogen) atoms. The number of phenolic OH excluding ortho intramolecular Hbond substituents is 1. The number of fused-ring (bicyclic) bond motifs is 2. The summed E-state index contributed by atoms with van der Waals surface area (Å²) in [5.74, 6) is -0.168.